The molecular weight excluding hydrogens is 250 g/mol. The monoisotopic (exact) mass is 275 g/mol. The summed E-state index contributed by atoms with van der Waals surface area (Å²) in [7, 11) is 0. The van der Waals surface area contributed by atoms with E-state index in [1.807, 2.05) is 24.0 Å². The molecule has 1 aliphatic rings. The van der Waals surface area contributed by atoms with Crippen molar-refractivity contribution in [3.8, 4) is 0 Å². The number of likely N-dealkylation sites (tertiary alicyclic amines) is 1. The fraction of sp³-hybridized carbons (Fsp3) is 0.529. The molecule has 20 heavy (non-hydrogen) atoms. The average Bonchev–Trinajstić information content (AvgIpc) is 2.83. The van der Waals surface area contributed by atoms with Crippen LogP contribution in [-0.4, -0.2) is 29.7 Å². The summed E-state index contributed by atoms with van der Waals surface area (Å²) in [5.74, 6) is 0.774. The summed E-state index contributed by atoms with van der Waals surface area (Å²) in [4.78, 5) is 25.1. The van der Waals surface area contributed by atoms with Crippen LogP contribution in [0.4, 0.5) is 0 Å². The van der Waals surface area contributed by atoms with Gasteiger partial charge >= 0.3 is 0 Å². The molecule has 1 heterocycles. The third-order valence-electron chi connectivity index (χ3n) is 3.60. The van der Waals surface area contributed by atoms with Crippen molar-refractivity contribution in [3.63, 3.8) is 0 Å². The first-order chi connectivity index (χ1) is 9.31. The number of carbonyl (C=O) groups excluding carboxylic acids is 2. The van der Waals surface area contributed by atoms with Crippen LogP contribution in [-0.2, 0) is 9.59 Å². The van der Waals surface area contributed by atoms with E-state index in [2.05, 4.69) is 20.4 Å². The average molecular weight is 275 g/mol. The normalized spacial score (nSPS) is 19.9. The molecule has 110 valence electrons. The van der Waals surface area contributed by atoms with Crippen LogP contribution in [0.2, 0.25) is 0 Å². The number of hydrogen-bond acceptors (Lipinski definition) is 2. The van der Waals surface area contributed by atoms with Gasteiger partial charge in [-0.1, -0.05) is 38.2 Å². The van der Waals surface area contributed by atoms with Gasteiger partial charge in [-0.15, -0.1) is 0 Å². The standard InChI is InChI=1S/C17H25NO2/c1-12(2)13(3)10-14(4)17(20)18-9-8-16(11-18)7-6-15(5)19/h6-7,10,12,16H,3,8-9,11H2,1-2,4-5H3/b7-6+,14-10+. The molecule has 1 rings (SSSR count). The molecule has 3 heteroatoms. The second kappa shape index (κ2) is 7.22. The van der Waals surface area contributed by atoms with Gasteiger partial charge in [0.1, 0.15) is 0 Å². The number of rotatable bonds is 5. The maximum absolute atomic E-state index is 12.3. The van der Waals surface area contributed by atoms with Gasteiger partial charge in [0, 0.05) is 18.7 Å². The third kappa shape index (κ3) is 4.80. The lowest BCUT2D eigenvalue weighted by Crippen LogP contribution is -2.29. The van der Waals surface area contributed by atoms with Gasteiger partial charge in [0.05, 0.1) is 0 Å². The van der Waals surface area contributed by atoms with Crippen molar-refractivity contribution in [1.29, 1.82) is 0 Å². The zero-order valence-corrected chi connectivity index (χ0v) is 13.0. The van der Waals surface area contributed by atoms with Crippen LogP contribution in [0.3, 0.4) is 0 Å². The summed E-state index contributed by atoms with van der Waals surface area (Å²) in [6.07, 6.45) is 6.32. The van der Waals surface area contributed by atoms with Gasteiger partial charge < -0.3 is 4.90 Å². The molecule has 0 N–H and O–H groups in total. The van der Waals surface area contributed by atoms with Crippen molar-refractivity contribution >= 4 is 11.7 Å². The molecule has 1 unspecified atom stereocenters. The van der Waals surface area contributed by atoms with Gasteiger partial charge in [-0.25, -0.2) is 0 Å². The molecule has 0 aliphatic carbocycles. The lowest BCUT2D eigenvalue weighted by molar-refractivity contribution is -0.126. The Labute approximate surface area is 122 Å². The Morgan fingerprint density at radius 3 is 2.50 bits per heavy atom. The minimum atomic E-state index is 0.0547. The van der Waals surface area contributed by atoms with Gasteiger partial charge in [0.2, 0.25) is 5.91 Å². The number of ketones is 1. The smallest absolute Gasteiger partial charge is 0.249 e. The minimum Gasteiger partial charge on any atom is -0.338 e. The Balaban J connectivity index is 2.62. The maximum atomic E-state index is 12.3. The van der Waals surface area contributed by atoms with Crippen LogP contribution < -0.4 is 0 Å². The van der Waals surface area contributed by atoms with Crippen LogP contribution in [0.25, 0.3) is 0 Å². The highest BCUT2D eigenvalue weighted by atomic mass is 16.2. The summed E-state index contributed by atoms with van der Waals surface area (Å²) in [6.45, 7) is 12.9. The van der Waals surface area contributed by atoms with E-state index in [9.17, 15) is 9.59 Å². The topological polar surface area (TPSA) is 37.4 Å². The zero-order chi connectivity index (χ0) is 15.3. The van der Waals surface area contributed by atoms with Crippen LogP contribution >= 0.6 is 0 Å². The lowest BCUT2D eigenvalue weighted by Gasteiger charge is -2.17. The number of hydrogen-bond donors (Lipinski definition) is 0. The first-order valence-electron chi connectivity index (χ1n) is 7.16. The van der Waals surface area contributed by atoms with Crippen LogP contribution in [0.5, 0.6) is 0 Å². The predicted octanol–water partition coefficient (Wildman–Crippen LogP) is 3.14. The van der Waals surface area contributed by atoms with Crippen molar-refractivity contribution in [2.24, 2.45) is 11.8 Å². The van der Waals surface area contributed by atoms with E-state index in [0.717, 1.165) is 24.1 Å². The first kappa shape index (κ1) is 16.4. The van der Waals surface area contributed by atoms with Crippen LogP contribution in [0.1, 0.15) is 34.1 Å². The van der Waals surface area contributed by atoms with E-state index < -0.39 is 0 Å². The molecule has 1 atom stereocenters. The molecule has 0 aromatic carbocycles. The van der Waals surface area contributed by atoms with Gasteiger partial charge in [0.25, 0.3) is 0 Å². The summed E-state index contributed by atoms with van der Waals surface area (Å²) in [5.41, 5.74) is 1.71. The zero-order valence-electron chi connectivity index (χ0n) is 13.0. The van der Waals surface area contributed by atoms with Gasteiger partial charge in [-0.05, 0) is 38.2 Å². The van der Waals surface area contributed by atoms with E-state index >= 15 is 0 Å². The summed E-state index contributed by atoms with van der Waals surface area (Å²) < 4.78 is 0. The molecule has 0 spiro atoms. The first-order valence-corrected chi connectivity index (χ1v) is 7.16. The SMILES string of the molecule is C=C(/C=C(\C)C(=O)N1CCC(/C=C/C(C)=O)C1)C(C)C. The summed E-state index contributed by atoms with van der Waals surface area (Å²) >= 11 is 0. The Hall–Kier alpha value is -1.64. The molecule has 0 aromatic rings. The molecule has 0 bridgehead atoms. The highest BCUT2D eigenvalue weighted by Crippen LogP contribution is 2.20. The Bertz CT molecular complexity index is 458. The van der Waals surface area contributed by atoms with Crippen molar-refractivity contribution in [3.05, 3.63) is 36.0 Å². The second-order valence-electron chi connectivity index (χ2n) is 5.83. The minimum absolute atomic E-state index is 0.0547. The van der Waals surface area contributed by atoms with E-state index in [-0.39, 0.29) is 11.7 Å². The van der Waals surface area contributed by atoms with Gasteiger partial charge in [0.15, 0.2) is 5.78 Å². The molecule has 1 saturated heterocycles. The lowest BCUT2D eigenvalue weighted by atomic mass is 10.0. The molecule has 1 amide bonds. The largest absolute Gasteiger partial charge is 0.338 e. The van der Waals surface area contributed by atoms with Crippen molar-refractivity contribution in [1.82, 2.24) is 4.90 Å². The van der Waals surface area contributed by atoms with Crippen LogP contribution in [0.15, 0.2) is 36.0 Å². The fourth-order valence-corrected chi connectivity index (χ4v) is 2.16. The molecular formula is C17H25NO2. The van der Waals surface area contributed by atoms with Crippen molar-refractivity contribution < 1.29 is 9.59 Å². The number of amides is 1. The van der Waals surface area contributed by atoms with E-state index in [4.69, 9.17) is 0 Å². The number of nitrogens with zero attached hydrogens (tertiary/aromatic N) is 1. The van der Waals surface area contributed by atoms with E-state index in [1.54, 1.807) is 13.0 Å². The molecule has 1 aliphatic heterocycles. The molecule has 0 saturated carbocycles. The molecule has 3 nitrogen and oxygen atoms in total. The summed E-state index contributed by atoms with van der Waals surface area (Å²) in [5, 5.41) is 0. The third-order valence-corrected chi connectivity index (χ3v) is 3.60. The highest BCUT2D eigenvalue weighted by molar-refractivity contribution is 5.93. The predicted molar refractivity (Wildman–Crippen MR) is 82.2 cm³/mol. The van der Waals surface area contributed by atoms with Crippen molar-refractivity contribution in [2.75, 3.05) is 13.1 Å². The van der Waals surface area contributed by atoms with Gasteiger partial charge in [-0.2, -0.15) is 0 Å². The van der Waals surface area contributed by atoms with Crippen LogP contribution in [0, 0.1) is 11.8 Å². The highest BCUT2D eigenvalue weighted by Gasteiger charge is 2.25. The maximum Gasteiger partial charge on any atom is 0.249 e. The molecule has 0 radical (unpaired) electrons. The van der Waals surface area contributed by atoms with Gasteiger partial charge in [-0.3, -0.25) is 9.59 Å². The van der Waals surface area contributed by atoms with Crippen molar-refractivity contribution in [2.45, 2.75) is 34.1 Å². The van der Waals surface area contributed by atoms with E-state index in [1.165, 1.54) is 0 Å². The summed E-state index contributed by atoms with van der Waals surface area (Å²) in [6, 6.07) is 0. The molecule has 1 fully saturated rings. The fourth-order valence-electron chi connectivity index (χ4n) is 2.16. The number of allylic oxidation sites excluding steroid dienone is 3. The quantitative estimate of drug-likeness (QED) is 0.571. The molecule has 0 aromatic heterocycles. The second-order valence-corrected chi connectivity index (χ2v) is 5.83. The Morgan fingerprint density at radius 1 is 1.30 bits per heavy atom. The Kier molecular flexibility index (Phi) is 5.93. The number of carbonyl (C=O) groups is 2. The van der Waals surface area contributed by atoms with E-state index in [0.29, 0.717) is 18.4 Å². The Morgan fingerprint density at radius 2 is 1.95 bits per heavy atom.